The van der Waals surface area contributed by atoms with Crippen LogP contribution in [0.2, 0.25) is 0 Å². The lowest BCUT2D eigenvalue weighted by molar-refractivity contribution is -0.146. The van der Waals surface area contributed by atoms with Gasteiger partial charge in [0, 0.05) is 11.1 Å². The second kappa shape index (κ2) is 8.26. The summed E-state index contributed by atoms with van der Waals surface area (Å²) in [7, 11) is 1.32. The van der Waals surface area contributed by atoms with E-state index in [0.29, 0.717) is 11.5 Å². The number of hydrogen-bond acceptors (Lipinski definition) is 6. The van der Waals surface area contributed by atoms with Crippen molar-refractivity contribution in [1.29, 1.82) is 0 Å². The Morgan fingerprint density at radius 2 is 2.20 bits per heavy atom. The van der Waals surface area contributed by atoms with Crippen LogP contribution in [0.4, 0.5) is 0 Å². The summed E-state index contributed by atoms with van der Waals surface area (Å²) >= 11 is 3.08. The van der Waals surface area contributed by atoms with Crippen LogP contribution < -0.4 is 5.32 Å². The molecule has 20 heavy (non-hydrogen) atoms. The van der Waals surface area contributed by atoms with Crippen molar-refractivity contribution in [2.24, 2.45) is 5.92 Å². The number of thiazole rings is 1. The number of carbonyl (C=O) groups excluding carboxylic acids is 2. The second-order valence-electron chi connectivity index (χ2n) is 4.66. The molecule has 0 fully saturated rings. The minimum Gasteiger partial charge on any atom is -0.467 e. The number of aryl methyl sites for hydroxylation is 1. The van der Waals surface area contributed by atoms with Crippen molar-refractivity contribution in [3.05, 3.63) is 16.1 Å². The standard InChI is InChI=1S/C13H20N2O3S2/c1-8(2)12(13(17)18-4)15-11(16)7-19-5-10-6-20-9(3)14-10/h6,8,12H,5,7H2,1-4H3,(H,15,16). The highest BCUT2D eigenvalue weighted by Gasteiger charge is 2.24. The van der Waals surface area contributed by atoms with E-state index >= 15 is 0 Å². The fourth-order valence-corrected chi connectivity index (χ4v) is 3.01. The summed E-state index contributed by atoms with van der Waals surface area (Å²) in [5.74, 6) is 0.427. The molecule has 0 bridgehead atoms. The van der Waals surface area contributed by atoms with Gasteiger partial charge in [-0.25, -0.2) is 9.78 Å². The molecule has 0 spiro atoms. The number of methoxy groups -OCH3 is 1. The zero-order valence-electron chi connectivity index (χ0n) is 12.1. The molecular weight excluding hydrogens is 296 g/mol. The van der Waals surface area contributed by atoms with Gasteiger partial charge in [0.05, 0.1) is 23.6 Å². The molecule has 5 nitrogen and oxygen atoms in total. The number of nitrogens with zero attached hydrogens (tertiary/aromatic N) is 1. The Balaban J connectivity index is 2.36. The van der Waals surface area contributed by atoms with E-state index in [4.69, 9.17) is 0 Å². The zero-order chi connectivity index (χ0) is 15.1. The molecule has 112 valence electrons. The van der Waals surface area contributed by atoms with E-state index in [1.54, 1.807) is 11.3 Å². The first-order valence-electron chi connectivity index (χ1n) is 6.30. The monoisotopic (exact) mass is 316 g/mol. The molecular formula is C13H20N2O3S2. The molecule has 0 aromatic carbocycles. The molecule has 1 atom stereocenters. The molecule has 1 aromatic heterocycles. The topological polar surface area (TPSA) is 68.3 Å². The second-order valence-corrected chi connectivity index (χ2v) is 6.71. The molecule has 0 aliphatic carbocycles. The van der Waals surface area contributed by atoms with Gasteiger partial charge < -0.3 is 10.1 Å². The molecule has 0 radical (unpaired) electrons. The molecule has 1 N–H and O–H groups in total. The molecule has 0 aliphatic rings. The highest BCUT2D eigenvalue weighted by molar-refractivity contribution is 7.99. The van der Waals surface area contributed by atoms with Crippen LogP contribution in [0.25, 0.3) is 0 Å². The molecule has 1 amide bonds. The Labute approximate surface area is 127 Å². The van der Waals surface area contributed by atoms with E-state index in [1.165, 1.54) is 18.9 Å². The van der Waals surface area contributed by atoms with E-state index in [9.17, 15) is 9.59 Å². The van der Waals surface area contributed by atoms with Gasteiger partial charge in [0.2, 0.25) is 5.91 Å². The van der Waals surface area contributed by atoms with Gasteiger partial charge >= 0.3 is 5.97 Å². The number of aromatic nitrogens is 1. The number of esters is 1. The molecule has 1 aromatic rings. The zero-order valence-corrected chi connectivity index (χ0v) is 13.8. The third-order valence-electron chi connectivity index (χ3n) is 2.59. The average molecular weight is 316 g/mol. The maximum atomic E-state index is 11.8. The van der Waals surface area contributed by atoms with E-state index in [0.717, 1.165) is 10.7 Å². The lowest BCUT2D eigenvalue weighted by Gasteiger charge is -2.19. The fourth-order valence-electron chi connectivity index (χ4n) is 1.56. The molecule has 1 rings (SSSR count). The third kappa shape index (κ3) is 5.50. The third-order valence-corrected chi connectivity index (χ3v) is 4.38. The summed E-state index contributed by atoms with van der Waals surface area (Å²) in [6.45, 7) is 5.69. The first kappa shape index (κ1) is 17.0. The normalized spacial score (nSPS) is 12.2. The quantitative estimate of drug-likeness (QED) is 0.779. The summed E-state index contributed by atoms with van der Waals surface area (Å²) in [5.41, 5.74) is 0.985. The van der Waals surface area contributed by atoms with Crippen molar-refractivity contribution in [2.75, 3.05) is 12.9 Å². The van der Waals surface area contributed by atoms with Crippen LogP contribution in [-0.2, 0) is 20.1 Å². The Bertz CT molecular complexity index is 460. The first-order chi connectivity index (χ1) is 9.43. The smallest absolute Gasteiger partial charge is 0.328 e. The Morgan fingerprint density at radius 3 is 2.70 bits per heavy atom. The predicted molar refractivity (Wildman–Crippen MR) is 81.8 cm³/mol. The predicted octanol–water partition coefficient (Wildman–Crippen LogP) is 2.00. The maximum Gasteiger partial charge on any atom is 0.328 e. The first-order valence-corrected chi connectivity index (χ1v) is 8.33. The molecule has 0 aliphatic heterocycles. The number of carbonyl (C=O) groups is 2. The van der Waals surface area contributed by atoms with Crippen LogP contribution >= 0.6 is 23.1 Å². The average Bonchev–Trinajstić information content (AvgIpc) is 2.80. The van der Waals surface area contributed by atoms with Crippen molar-refractivity contribution < 1.29 is 14.3 Å². The van der Waals surface area contributed by atoms with Gasteiger partial charge in [-0.1, -0.05) is 13.8 Å². The Kier molecular flexibility index (Phi) is 7.01. The number of nitrogens with one attached hydrogen (secondary N) is 1. The maximum absolute atomic E-state index is 11.8. The largest absolute Gasteiger partial charge is 0.467 e. The van der Waals surface area contributed by atoms with Gasteiger partial charge in [-0.2, -0.15) is 0 Å². The van der Waals surface area contributed by atoms with Crippen LogP contribution in [0, 0.1) is 12.8 Å². The van der Waals surface area contributed by atoms with Crippen LogP contribution in [0.3, 0.4) is 0 Å². The number of thioether (sulfide) groups is 1. The lowest BCUT2D eigenvalue weighted by atomic mass is 10.1. The van der Waals surface area contributed by atoms with Crippen molar-refractivity contribution in [3.8, 4) is 0 Å². The fraction of sp³-hybridized carbons (Fsp3) is 0.615. The van der Waals surface area contributed by atoms with E-state index in [1.807, 2.05) is 26.2 Å². The van der Waals surface area contributed by atoms with Gasteiger partial charge in [0.15, 0.2) is 0 Å². The van der Waals surface area contributed by atoms with Crippen LogP contribution in [-0.4, -0.2) is 35.8 Å². The number of ether oxygens (including phenoxy) is 1. The molecule has 7 heteroatoms. The molecule has 0 saturated heterocycles. The van der Waals surface area contributed by atoms with Crippen LogP contribution in [0.15, 0.2) is 5.38 Å². The van der Waals surface area contributed by atoms with E-state index in [-0.39, 0.29) is 11.8 Å². The minimum absolute atomic E-state index is 0.00223. The SMILES string of the molecule is COC(=O)C(NC(=O)CSCc1csc(C)n1)C(C)C. The molecule has 1 heterocycles. The number of rotatable bonds is 7. The molecule has 0 saturated carbocycles. The van der Waals surface area contributed by atoms with Gasteiger partial charge in [-0.15, -0.1) is 23.1 Å². The minimum atomic E-state index is -0.588. The highest BCUT2D eigenvalue weighted by Crippen LogP contribution is 2.15. The summed E-state index contributed by atoms with van der Waals surface area (Å²) in [6.07, 6.45) is 0. The Morgan fingerprint density at radius 1 is 1.50 bits per heavy atom. The summed E-state index contributed by atoms with van der Waals surface area (Å²) in [4.78, 5) is 27.7. The summed E-state index contributed by atoms with van der Waals surface area (Å²) in [6, 6.07) is -0.588. The van der Waals surface area contributed by atoms with Gasteiger partial charge in [0.1, 0.15) is 6.04 Å². The van der Waals surface area contributed by atoms with Crippen molar-refractivity contribution in [2.45, 2.75) is 32.6 Å². The van der Waals surface area contributed by atoms with Gasteiger partial charge in [0.25, 0.3) is 0 Å². The van der Waals surface area contributed by atoms with E-state index in [2.05, 4.69) is 15.0 Å². The van der Waals surface area contributed by atoms with E-state index < -0.39 is 12.0 Å². The van der Waals surface area contributed by atoms with Crippen molar-refractivity contribution >= 4 is 35.0 Å². The Hall–Kier alpha value is -1.08. The van der Waals surface area contributed by atoms with Crippen LogP contribution in [0.1, 0.15) is 24.5 Å². The highest BCUT2D eigenvalue weighted by atomic mass is 32.2. The number of amides is 1. The van der Waals surface area contributed by atoms with Crippen molar-refractivity contribution in [1.82, 2.24) is 10.3 Å². The van der Waals surface area contributed by atoms with Crippen LogP contribution in [0.5, 0.6) is 0 Å². The lowest BCUT2D eigenvalue weighted by Crippen LogP contribution is -2.45. The summed E-state index contributed by atoms with van der Waals surface area (Å²) < 4.78 is 4.68. The summed E-state index contributed by atoms with van der Waals surface area (Å²) in [5, 5.41) is 5.72. The van der Waals surface area contributed by atoms with Gasteiger partial charge in [-0.3, -0.25) is 4.79 Å². The van der Waals surface area contributed by atoms with Gasteiger partial charge in [-0.05, 0) is 12.8 Å². The number of hydrogen-bond donors (Lipinski definition) is 1. The van der Waals surface area contributed by atoms with Crippen molar-refractivity contribution in [3.63, 3.8) is 0 Å². The molecule has 1 unspecified atom stereocenters.